The highest BCUT2D eigenvalue weighted by molar-refractivity contribution is 5.70. The predicted molar refractivity (Wildman–Crippen MR) is 90.7 cm³/mol. The van der Waals surface area contributed by atoms with E-state index in [0.29, 0.717) is 23.6 Å². The van der Waals surface area contributed by atoms with Crippen molar-refractivity contribution in [3.05, 3.63) is 58.1 Å². The van der Waals surface area contributed by atoms with Gasteiger partial charge in [0.1, 0.15) is 5.69 Å². The van der Waals surface area contributed by atoms with Crippen LogP contribution in [0.4, 0.5) is 11.4 Å². The van der Waals surface area contributed by atoms with E-state index in [1.165, 1.54) is 6.07 Å². The zero-order valence-corrected chi connectivity index (χ0v) is 13.3. The molecule has 2 aromatic carbocycles. The highest BCUT2D eigenvalue weighted by Gasteiger charge is 2.18. The number of nitrogens with zero attached hydrogens (tertiary/aromatic N) is 3. The Labute approximate surface area is 138 Å². The summed E-state index contributed by atoms with van der Waals surface area (Å²) >= 11 is 0. The van der Waals surface area contributed by atoms with E-state index in [4.69, 9.17) is 4.52 Å². The highest BCUT2D eigenvalue weighted by Crippen LogP contribution is 2.30. The van der Waals surface area contributed by atoms with Crippen LogP contribution < -0.4 is 5.32 Å². The summed E-state index contributed by atoms with van der Waals surface area (Å²) in [5, 5.41) is 18.2. The Bertz CT molecular complexity index is 872. The lowest BCUT2D eigenvalue weighted by atomic mass is 10.1. The van der Waals surface area contributed by atoms with Gasteiger partial charge in [-0.3, -0.25) is 10.1 Å². The van der Waals surface area contributed by atoms with Gasteiger partial charge in [0.05, 0.1) is 4.92 Å². The summed E-state index contributed by atoms with van der Waals surface area (Å²) in [6.45, 7) is 4.47. The lowest BCUT2D eigenvalue weighted by Crippen LogP contribution is -2.01. The molecule has 0 saturated carbocycles. The van der Waals surface area contributed by atoms with Crippen LogP contribution in [-0.2, 0) is 0 Å². The van der Waals surface area contributed by atoms with Crippen LogP contribution in [0.3, 0.4) is 0 Å². The third-order valence-corrected chi connectivity index (χ3v) is 3.54. The average Bonchev–Trinajstić information content (AvgIpc) is 3.06. The molecule has 0 radical (unpaired) electrons. The van der Waals surface area contributed by atoms with Crippen LogP contribution in [0.15, 0.2) is 47.0 Å². The molecule has 0 atom stereocenters. The van der Waals surface area contributed by atoms with Crippen LogP contribution >= 0.6 is 0 Å². The second kappa shape index (κ2) is 6.49. The molecule has 122 valence electrons. The lowest BCUT2D eigenvalue weighted by molar-refractivity contribution is -0.383. The van der Waals surface area contributed by atoms with Crippen molar-refractivity contribution in [2.45, 2.75) is 13.8 Å². The van der Waals surface area contributed by atoms with Gasteiger partial charge in [0.25, 0.3) is 11.6 Å². The van der Waals surface area contributed by atoms with Crippen molar-refractivity contribution in [2.75, 3.05) is 11.9 Å². The molecule has 0 fully saturated rings. The molecule has 7 nitrogen and oxygen atoms in total. The standard InChI is InChI=1S/C17H16N4O3/c1-3-18-14-9-8-13(10-15(14)21(22)23)17-19-16(20-24-17)12-6-4-11(2)5-7-12/h4-10,18H,3H2,1-2H3. The molecule has 0 aliphatic carbocycles. The van der Waals surface area contributed by atoms with Crippen molar-refractivity contribution in [1.82, 2.24) is 10.1 Å². The Morgan fingerprint density at radius 2 is 1.88 bits per heavy atom. The maximum Gasteiger partial charge on any atom is 0.293 e. The maximum atomic E-state index is 11.2. The van der Waals surface area contributed by atoms with Crippen molar-refractivity contribution in [2.24, 2.45) is 0 Å². The zero-order valence-electron chi connectivity index (χ0n) is 13.3. The van der Waals surface area contributed by atoms with Crippen molar-refractivity contribution in [1.29, 1.82) is 0 Å². The maximum absolute atomic E-state index is 11.2. The molecule has 1 N–H and O–H groups in total. The molecule has 3 rings (SSSR count). The van der Waals surface area contributed by atoms with Gasteiger partial charge in [-0.2, -0.15) is 4.98 Å². The van der Waals surface area contributed by atoms with Crippen LogP contribution in [0.25, 0.3) is 22.8 Å². The number of nitro groups is 1. The first-order valence-electron chi connectivity index (χ1n) is 7.52. The molecule has 3 aromatic rings. The number of aryl methyl sites for hydroxylation is 1. The van der Waals surface area contributed by atoms with Gasteiger partial charge in [0.2, 0.25) is 5.82 Å². The monoisotopic (exact) mass is 324 g/mol. The number of anilines is 1. The quantitative estimate of drug-likeness (QED) is 0.562. The SMILES string of the molecule is CCNc1ccc(-c2nc(-c3ccc(C)cc3)no2)cc1[N+](=O)[O-]. The van der Waals surface area contributed by atoms with Crippen LogP contribution in [-0.4, -0.2) is 21.6 Å². The van der Waals surface area contributed by atoms with Gasteiger partial charge in [-0.15, -0.1) is 0 Å². The second-order valence-electron chi connectivity index (χ2n) is 5.31. The number of benzene rings is 2. The molecule has 0 bridgehead atoms. The van der Waals surface area contributed by atoms with Crippen molar-refractivity contribution >= 4 is 11.4 Å². The summed E-state index contributed by atoms with van der Waals surface area (Å²) in [6, 6.07) is 12.5. The molecule has 1 aromatic heterocycles. The predicted octanol–water partition coefficient (Wildman–Crippen LogP) is 4.05. The van der Waals surface area contributed by atoms with Gasteiger partial charge in [-0.05, 0) is 26.0 Å². The molecule has 0 spiro atoms. The molecular weight excluding hydrogens is 308 g/mol. The van der Waals surface area contributed by atoms with E-state index >= 15 is 0 Å². The summed E-state index contributed by atoms with van der Waals surface area (Å²) < 4.78 is 5.27. The summed E-state index contributed by atoms with van der Waals surface area (Å²) in [6.07, 6.45) is 0. The Hall–Kier alpha value is -3.22. The summed E-state index contributed by atoms with van der Waals surface area (Å²) in [5.41, 5.74) is 2.91. The minimum Gasteiger partial charge on any atom is -0.380 e. The third-order valence-electron chi connectivity index (χ3n) is 3.54. The average molecular weight is 324 g/mol. The first kappa shape index (κ1) is 15.7. The Balaban J connectivity index is 1.96. The number of hydrogen-bond acceptors (Lipinski definition) is 6. The third kappa shape index (κ3) is 3.10. The Kier molecular flexibility index (Phi) is 4.24. The van der Waals surface area contributed by atoms with Crippen LogP contribution in [0.5, 0.6) is 0 Å². The second-order valence-corrected chi connectivity index (χ2v) is 5.31. The zero-order chi connectivity index (χ0) is 17.1. The summed E-state index contributed by atoms with van der Waals surface area (Å²) in [7, 11) is 0. The fourth-order valence-corrected chi connectivity index (χ4v) is 2.32. The van der Waals surface area contributed by atoms with Crippen LogP contribution in [0, 0.1) is 17.0 Å². The topological polar surface area (TPSA) is 94.1 Å². The van der Waals surface area contributed by atoms with E-state index in [-0.39, 0.29) is 11.6 Å². The molecule has 0 aliphatic heterocycles. The summed E-state index contributed by atoms with van der Waals surface area (Å²) in [5.74, 6) is 0.695. The summed E-state index contributed by atoms with van der Waals surface area (Å²) in [4.78, 5) is 15.1. The van der Waals surface area contributed by atoms with E-state index in [9.17, 15) is 10.1 Å². The highest BCUT2D eigenvalue weighted by atomic mass is 16.6. The van der Waals surface area contributed by atoms with Crippen LogP contribution in [0.2, 0.25) is 0 Å². The molecule has 0 unspecified atom stereocenters. The molecule has 0 aliphatic rings. The van der Waals surface area contributed by atoms with E-state index in [1.807, 2.05) is 38.1 Å². The van der Waals surface area contributed by atoms with Gasteiger partial charge in [0, 0.05) is 23.7 Å². The normalized spacial score (nSPS) is 10.6. The van der Waals surface area contributed by atoms with Gasteiger partial charge < -0.3 is 9.84 Å². The van der Waals surface area contributed by atoms with Crippen molar-refractivity contribution in [3.8, 4) is 22.8 Å². The molecule has 0 saturated heterocycles. The molecular formula is C17H16N4O3. The van der Waals surface area contributed by atoms with E-state index < -0.39 is 4.92 Å². The first-order valence-corrected chi connectivity index (χ1v) is 7.52. The van der Waals surface area contributed by atoms with E-state index in [2.05, 4.69) is 15.5 Å². The number of nitro benzene ring substituents is 1. The lowest BCUT2D eigenvalue weighted by Gasteiger charge is -2.04. The number of nitrogens with one attached hydrogen (secondary N) is 1. The Morgan fingerprint density at radius 3 is 2.54 bits per heavy atom. The molecule has 0 amide bonds. The van der Waals surface area contributed by atoms with Gasteiger partial charge in [-0.25, -0.2) is 0 Å². The van der Waals surface area contributed by atoms with E-state index in [1.54, 1.807) is 12.1 Å². The van der Waals surface area contributed by atoms with Gasteiger partial charge in [-0.1, -0.05) is 35.0 Å². The number of hydrogen-bond donors (Lipinski definition) is 1. The molecule has 24 heavy (non-hydrogen) atoms. The van der Waals surface area contributed by atoms with Gasteiger partial charge in [0.15, 0.2) is 0 Å². The minimum absolute atomic E-state index is 0.0237. The van der Waals surface area contributed by atoms with Crippen LogP contribution in [0.1, 0.15) is 12.5 Å². The minimum atomic E-state index is -0.432. The largest absolute Gasteiger partial charge is 0.380 e. The molecule has 1 heterocycles. The molecule has 7 heteroatoms. The fraction of sp³-hybridized carbons (Fsp3) is 0.176. The fourth-order valence-electron chi connectivity index (χ4n) is 2.32. The first-order chi connectivity index (χ1) is 11.6. The number of aromatic nitrogens is 2. The Morgan fingerprint density at radius 1 is 1.17 bits per heavy atom. The smallest absolute Gasteiger partial charge is 0.293 e. The van der Waals surface area contributed by atoms with Gasteiger partial charge >= 0.3 is 0 Å². The van der Waals surface area contributed by atoms with Crippen molar-refractivity contribution in [3.63, 3.8) is 0 Å². The van der Waals surface area contributed by atoms with Crippen molar-refractivity contribution < 1.29 is 9.45 Å². The number of rotatable bonds is 5. The van der Waals surface area contributed by atoms with E-state index in [0.717, 1.165) is 11.1 Å².